The van der Waals surface area contributed by atoms with Crippen LogP contribution in [0, 0.1) is 18.8 Å². The predicted octanol–water partition coefficient (Wildman–Crippen LogP) is 10.4. The van der Waals surface area contributed by atoms with Crippen molar-refractivity contribution in [2.45, 2.75) is 160 Å². The van der Waals surface area contributed by atoms with Gasteiger partial charge in [-0.3, -0.25) is 19.5 Å². The lowest BCUT2D eigenvalue weighted by atomic mass is 9.81. The van der Waals surface area contributed by atoms with Crippen molar-refractivity contribution >= 4 is 43.8 Å². The molecule has 1 aromatic heterocycles. The van der Waals surface area contributed by atoms with Crippen LogP contribution in [-0.2, 0) is 40.6 Å². The predicted molar refractivity (Wildman–Crippen MR) is 275 cm³/mol. The average Bonchev–Trinajstić information content (AvgIpc) is 3.85. The smallest absolute Gasteiger partial charge is 0.412 e. The molecule has 20 heteroatoms. The van der Waals surface area contributed by atoms with Gasteiger partial charge in [0.15, 0.2) is 14.1 Å². The van der Waals surface area contributed by atoms with E-state index in [0.29, 0.717) is 44.9 Å². The highest BCUT2D eigenvalue weighted by molar-refractivity contribution is 6.74. The Bertz CT molecular complexity index is 2620. The SMILES string of the molecule is COC(=O)C(F)(F)C(F)(F)c1nc(-c2ccc(NC(=O)[C@@H](Cc3ccc(-c4ccc(C(=O)NC5CCC(O[Si](C)(C)C(C)(C)C)CC5)cc4C)cc3)NC(=O)C3CCC(CNC(=O)OC(C)(C)C)CC3)cc2)n[nH]1. The van der Waals surface area contributed by atoms with E-state index in [1.807, 2.05) is 49.4 Å². The fourth-order valence-corrected chi connectivity index (χ4v) is 10.3. The minimum Gasteiger partial charge on any atom is -0.464 e. The summed E-state index contributed by atoms with van der Waals surface area (Å²) < 4.78 is 73.5. The number of halogens is 4. The third kappa shape index (κ3) is 14.4. The molecular weight excluding hydrogens is 979 g/mol. The molecule has 2 aliphatic rings. The second-order valence-corrected chi connectivity index (χ2v) is 26.9. The zero-order valence-corrected chi connectivity index (χ0v) is 45.0. The fourth-order valence-electron chi connectivity index (χ4n) is 8.91. The van der Waals surface area contributed by atoms with Gasteiger partial charge in [-0.15, -0.1) is 0 Å². The van der Waals surface area contributed by atoms with Crippen molar-refractivity contribution in [1.82, 2.24) is 31.1 Å². The number of methoxy groups -OCH3 is 1. The number of nitrogens with one attached hydrogen (secondary N) is 5. The van der Waals surface area contributed by atoms with Crippen LogP contribution in [0.2, 0.25) is 18.1 Å². The number of esters is 1. The summed E-state index contributed by atoms with van der Waals surface area (Å²) in [5, 5.41) is 17.4. The second-order valence-electron chi connectivity index (χ2n) is 22.1. The number of aromatic amines is 1. The molecule has 4 aromatic rings. The maximum Gasteiger partial charge on any atom is 0.412 e. The van der Waals surface area contributed by atoms with Gasteiger partial charge in [-0.2, -0.15) is 22.7 Å². The van der Waals surface area contributed by atoms with E-state index in [1.54, 1.807) is 25.9 Å². The number of hydrogen-bond donors (Lipinski definition) is 5. The van der Waals surface area contributed by atoms with E-state index in [0.717, 1.165) is 47.9 Å². The minimum atomic E-state index is -5.23. The summed E-state index contributed by atoms with van der Waals surface area (Å²) in [6.07, 6.45) is 5.81. The largest absolute Gasteiger partial charge is 0.464 e. The molecule has 1 atom stereocenters. The van der Waals surface area contributed by atoms with Crippen LogP contribution in [0.4, 0.5) is 28.0 Å². The minimum absolute atomic E-state index is 0.0780. The molecule has 0 aliphatic heterocycles. The summed E-state index contributed by atoms with van der Waals surface area (Å²) in [5.41, 5.74) is 3.79. The van der Waals surface area contributed by atoms with Gasteiger partial charge >= 0.3 is 23.9 Å². The number of aromatic nitrogens is 3. The van der Waals surface area contributed by atoms with Gasteiger partial charge in [0.1, 0.15) is 11.6 Å². The lowest BCUT2D eigenvalue weighted by Gasteiger charge is -2.41. The number of hydrogen-bond acceptors (Lipinski definition) is 10. The molecule has 4 amide bonds. The van der Waals surface area contributed by atoms with Crippen molar-refractivity contribution in [3.8, 4) is 22.5 Å². The molecule has 2 fully saturated rings. The molecule has 402 valence electrons. The molecule has 15 nitrogen and oxygen atoms in total. The number of nitrogens with zero attached hydrogens (tertiary/aromatic N) is 2. The van der Waals surface area contributed by atoms with Gasteiger partial charge in [-0.05, 0) is 162 Å². The number of ether oxygens (including phenoxy) is 2. The number of amides is 4. The van der Waals surface area contributed by atoms with E-state index < -0.39 is 55.6 Å². The Morgan fingerprint density at radius 3 is 2.01 bits per heavy atom. The number of aryl methyl sites for hydroxylation is 1. The van der Waals surface area contributed by atoms with Crippen molar-refractivity contribution in [2.24, 2.45) is 11.8 Å². The van der Waals surface area contributed by atoms with Crippen molar-refractivity contribution in [1.29, 1.82) is 0 Å². The van der Waals surface area contributed by atoms with Gasteiger partial charge in [0.25, 0.3) is 5.91 Å². The molecule has 1 heterocycles. The first-order valence-electron chi connectivity index (χ1n) is 25.2. The Labute approximate surface area is 431 Å². The summed E-state index contributed by atoms with van der Waals surface area (Å²) in [4.78, 5) is 68.6. The van der Waals surface area contributed by atoms with Crippen LogP contribution in [0.1, 0.15) is 120 Å². The Kier molecular flexibility index (Phi) is 17.9. The zero-order valence-electron chi connectivity index (χ0n) is 44.0. The van der Waals surface area contributed by atoms with Gasteiger partial charge in [-0.1, -0.05) is 51.1 Å². The topological polar surface area (TPSA) is 203 Å². The standard InChI is InChI=1S/C54H71F4N7O8Si/c1-32-29-38(46(67)60-40-24-26-41(27-25-40)73-74(9,10)52(5,6)7)21-28-42(32)35-15-11-33(12-16-35)30-43(62-45(66)37-17-13-34(14-18-37)31-59-50(70)72-51(2,3)4)47(68)61-39-22-19-36(20-23-39)44-63-48(65-64-44)53(55,56)54(57,58)49(69)71-8/h11-12,15-16,19-23,28-29,34,37,40-41,43H,13-14,17-18,24-27,30-31H2,1-10H3,(H,59,70)(H,60,67)(H,61,68)(H,62,66)(H,63,64,65)/t34?,37?,40?,41?,43-/m1/s1. The fraction of sp³-hybridized carbons (Fsp3) is 0.537. The molecule has 0 bridgehead atoms. The van der Waals surface area contributed by atoms with Crippen molar-refractivity contribution in [3.05, 3.63) is 89.2 Å². The van der Waals surface area contributed by atoms with Crippen LogP contribution in [-0.4, -0.2) is 96.6 Å². The molecule has 0 radical (unpaired) electrons. The van der Waals surface area contributed by atoms with Crippen molar-refractivity contribution in [3.63, 3.8) is 0 Å². The zero-order chi connectivity index (χ0) is 54.4. The number of carbonyl (C=O) groups excluding carboxylic acids is 5. The highest BCUT2D eigenvalue weighted by atomic mass is 28.4. The van der Waals surface area contributed by atoms with Crippen molar-refractivity contribution < 1.29 is 55.4 Å². The third-order valence-corrected chi connectivity index (χ3v) is 18.8. The van der Waals surface area contributed by atoms with Gasteiger partial charge < -0.3 is 35.2 Å². The number of alkyl carbamates (subject to hydrolysis) is 1. The van der Waals surface area contributed by atoms with Crippen LogP contribution >= 0.6 is 0 Å². The van der Waals surface area contributed by atoms with E-state index in [2.05, 4.69) is 70.0 Å². The normalized spacial score (nSPS) is 19.2. The number of H-pyrrole nitrogens is 1. The number of rotatable bonds is 17. The van der Waals surface area contributed by atoms with Gasteiger partial charge in [0.05, 0.1) is 7.11 Å². The number of alkyl halides is 4. The molecule has 74 heavy (non-hydrogen) atoms. The maximum atomic E-state index is 14.6. The first-order chi connectivity index (χ1) is 34.6. The molecule has 0 unspecified atom stereocenters. The number of anilines is 1. The molecular formula is C54H71F4N7O8Si. The Morgan fingerprint density at radius 2 is 1.43 bits per heavy atom. The van der Waals surface area contributed by atoms with E-state index in [-0.39, 0.29) is 64.3 Å². The Hall–Kier alpha value is -6.15. The summed E-state index contributed by atoms with van der Waals surface area (Å²) in [6.45, 7) is 19.0. The molecule has 6 rings (SSSR count). The van der Waals surface area contributed by atoms with Crippen molar-refractivity contribution in [2.75, 3.05) is 19.0 Å². The molecule has 2 saturated carbocycles. The van der Waals surface area contributed by atoms with Gasteiger partial charge in [0, 0.05) is 47.8 Å². The van der Waals surface area contributed by atoms with Crippen LogP contribution in [0.25, 0.3) is 22.5 Å². The monoisotopic (exact) mass is 1050 g/mol. The summed E-state index contributed by atoms with van der Waals surface area (Å²) in [7, 11) is -1.32. The van der Waals surface area contributed by atoms with E-state index in [1.165, 1.54) is 24.3 Å². The van der Waals surface area contributed by atoms with Crippen LogP contribution in [0.15, 0.2) is 66.7 Å². The molecule has 0 saturated heterocycles. The quantitative estimate of drug-likeness (QED) is 0.0385. The maximum absolute atomic E-state index is 14.6. The van der Waals surface area contributed by atoms with E-state index in [4.69, 9.17) is 9.16 Å². The van der Waals surface area contributed by atoms with Crippen LogP contribution in [0.5, 0.6) is 0 Å². The van der Waals surface area contributed by atoms with E-state index in [9.17, 15) is 41.5 Å². The highest BCUT2D eigenvalue weighted by Crippen LogP contribution is 2.43. The summed E-state index contributed by atoms with van der Waals surface area (Å²) >= 11 is 0. The first-order valence-corrected chi connectivity index (χ1v) is 28.1. The number of benzene rings is 3. The van der Waals surface area contributed by atoms with Crippen LogP contribution in [0.3, 0.4) is 0 Å². The second kappa shape index (κ2) is 23.2. The summed E-state index contributed by atoms with van der Waals surface area (Å²) in [6, 6.07) is 17.9. The lowest BCUT2D eigenvalue weighted by molar-refractivity contribution is -0.233. The summed E-state index contributed by atoms with van der Waals surface area (Å²) in [5.74, 6) is -15.9. The highest BCUT2D eigenvalue weighted by Gasteiger charge is 2.66. The Morgan fingerprint density at radius 1 is 0.811 bits per heavy atom. The lowest BCUT2D eigenvalue weighted by Crippen LogP contribution is -2.48. The number of carbonyl (C=O) groups is 5. The Balaban J connectivity index is 1.11. The molecule has 0 spiro atoms. The molecule has 2 aliphatic carbocycles. The first kappa shape index (κ1) is 57.1. The van der Waals surface area contributed by atoms with Gasteiger partial charge in [0.2, 0.25) is 17.6 Å². The molecule has 3 aromatic carbocycles. The third-order valence-electron chi connectivity index (χ3n) is 14.3. The van der Waals surface area contributed by atoms with Crippen LogP contribution < -0.4 is 21.3 Å². The van der Waals surface area contributed by atoms with Gasteiger partial charge in [-0.25, -0.2) is 14.6 Å². The average molecular weight is 1050 g/mol. The van der Waals surface area contributed by atoms with E-state index >= 15 is 0 Å². The molecule has 5 N–H and O–H groups in total.